The molecule has 0 aromatic carbocycles. The van der Waals surface area contributed by atoms with Gasteiger partial charge in [-0.25, -0.2) is 0 Å². The molecule has 0 aliphatic heterocycles. The molecular weight excluding hydrogens is 300 g/mol. The number of rotatable bonds is 10. The first-order chi connectivity index (χ1) is 9.76. The molecule has 0 aliphatic rings. The first kappa shape index (κ1) is 19.9. The molecular formula is C13H24O7S. The zero-order chi connectivity index (χ0) is 16.5. The van der Waals surface area contributed by atoms with Crippen LogP contribution in [0.25, 0.3) is 0 Å². The van der Waals surface area contributed by atoms with E-state index in [4.69, 9.17) is 9.29 Å². The molecule has 0 aromatic rings. The molecule has 0 heterocycles. The highest BCUT2D eigenvalue weighted by atomic mass is 32.2. The van der Waals surface area contributed by atoms with E-state index < -0.39 is 33.7 Å². The number of carbonyl (C=O) groups is 2. The molecule has 0 amide bonds. The van der Waals surface area contributed by atoms with Crippen LogP contribution >= 0.6 is 0 Å². The summed E-state index contributed by atoms with van der Waals surface area (Å²) in [7, 11) is -3.73. The van der Waals surface area contributed by atoms with Gasteiger partial charge in [-0.2, -0.15) is 8.42 Å². The predicted molar refractivity (Wildman–Crippen MR) is 76.2 cm³/mol. The van der Waals surface area contributed by atoms with Gasteiger partial charge in [0.2, 0.25) is 0 Å². The molecule has 0 rings (SSSR count). The monoisotopic (exact) mass is 324 g/mol. The Labute approximate surface area is 125 Å². The average molecular weight is 324 g/mol. The van der Waals surface area contributed by atoms with E-state index in [0.29, 0.717) is 0 Å². The molecule has 0 spiro atoms. The van der Waals surface area contributed by atoms with Gasteiger partial charge in [0.05, 0.1) is 20.1 Å². The number of hydrogen-bond donors (Lipinski definition) is 1. The van der Waals surface area contributed by atoms with E-state index >= 15 is 0 Å². The Kier molecular flexibility index (Phi) is 9.19. The Hall–Kier alpha value is -1.15. The fourth-order valence-corrected chi connectivity index (χ4v) is 2.45. The maximum atomic E-state index is 11.6. The second kappa shape index (κ2) is 9.73. The highest BCUT2D eigenvalue weighted by Crippen LogP contribution is 2.14. The third-order valence-electron chi connectivity index (χ3n) is 3.20. The first-order valence-electron chi connectivity index (χ1n) is 6.95. The van der Waals surface area contributed by atoms with Gasteiger partial charge in [0, 0.05) is 0 Å². The first-order valence-corrected chi connectivity index (χ1v) is 8.46. The normalized spacial score (nSPS) is 14.3. The molecule has 1 N–H and O–H groups in total. The third kappa shape index (κ3) is 8.01. The van der Waals surface area contributed by atoms with Crippen molar-refractivity contribution in [3.05, 3.63) is 0 Å². The lowest BCUT2D eigenvalue weighted by Crippen LogP contribution is -2.34. The van der Waals surface area contributed by atoms with E-state index in [-0.39, 0.29) is 12.5 Å². The fraction of sp³-hybridized carbons (Fsp3) is 0.846. The van der Waals surface area contributed by atoms with Gasteiger partial charge in [-0.15, -0.1) is 0 Å². The minimum Gasteiger partial charge on any atom is -0.468 e. The smallest absolute Gasteiger partial charge is 0.327 e. The summed E-state index contributed by atoms with van der Waals surface area (Å²) in [5, 5.41) is -1.94. The summed E-state index contributed by atoms with van der Waals surface area (Å²) < 4.78 is 40.3. The maximum Gasteiger partial charge on any atom is 0.327 e. The van der Waals surface area contributed by atoms with E-state index in [1.165, 1.54) is 0 Å². The number of unbranched alkanes of at least 4 members (excludes halogenated alkanes) is 1. The van der Waals surface area contributed by atoms with Crippen molar-refractivity contribution in [2.24, 2.45) is 5.92 Å². The van der Waals surface area contributed by atoms with Crippen LogP contribution in [0, 0.1) is 5.92 Å². The van der Waals surface area contributed by atoms with Crippen LogP contribution < -0.4 is 0 Å². The summed E-state index contributed by atoms with van der Waals surface area (Å²) >= 11 is 0. The fourth-order valence-electron chi connectivity index (χ4n) is 1.76. The number of carbonyl (C=O) groups excluding carboxylic acids is 2. The molecule has 0 aromatic heterocycles. The number of ether oxygens (including phenoxy) is 2. The summed E-state index contributed by atoms with van der Waals surface area (Å²) in [6.07, 6.45) is 3.06. The van der Waals surface area contributed by atoms with Crippen LogP contribution in [0.15, 0.2) is 0 Å². The summed E-state index contributed by atoms with van der Waals surface area (Å²) in [6, 6.07) is 0. The minimum absolute atomic E-state index is 0.175. The molecule has 0 aliphatic carbocycles. The van der Waals surface area contributed by atoms with Gasteiger partial charge in [0.25, 0.3) is 10.1 Å². The van der Waals surface area contributed by atoms with Crippen LogP contribution in [-0.4, -0.2) is 43.9 Å². The molecule has 2 atom stereocenters. The Morgan fingerprint density at radius 3 is 2.29 bits per heavy atom. The van der Waals surface area contributed by atoms with E-state index in [1.807, 2.05) is 6.92 Å². The third-order valence-corrected chi connectivity index (χ3v) is 4.28. The molecule has 124 valence electrons. The minimum atomic E-state index is -4.70. The van der Waals surface area contributed by atoms with Crippen molar-refractivity contribution in [1.29, 1.82) is 0 Å². The lowest BCUT2D eigenvalue weighted by atomic mass is 10.0. The quantitative estimate of drug-likeness (QED) is 0.480. The average Bonchev–Trinajstić information content (AvgIpc) is 2.43. The highest BCUT2D eigenvalue weighted by Gasteiger charge is 2.35. The number of esters is 2. The second-order valence-corrected chi connectivity index (χ2v) is 6.43. The van der Waals surface area contributed by atoms with Gasteiger partial charge < -0.3 is 9.47 Å². The molecule has 0 radical (unpaired) electrons. The SMILES string of the molecule is CCCC[C@H](CC)COC(=O)CC(C(=O)OC)S(=O)(=O)O. The second-order valence-electron chi connectivity index (χ2n) is 4.83. The Morgan fingerprint density at radius 1 is 1.24 bits per heavy atom. The standard InChI is InChI=1S/C13H24O7S/c1-4-6-7-10(5-2)9-20-12(14)8-11(13(15)19-3)21(16,17)18/h10-11H,4-9H2,1-3H3,(H,16,17,18)/t10-,11?/m0/s1. The molecule has 1 unspecified atom stereocenters. The van der Waals surface area contributed by atoms with Crippen LogP contribution in [0.2, 0.25) is 0 Å². The van der Waals surface area contributed by atoms with Crippen LogP contribution in [0.5, 0.6) is 0 Å². The van der Waals surface area contributed by atoms with Crippen molar-refractivity contribution in [2.45, 2.75) is 51.2 Å². The lowest BCUT2D eigenvalue weighted by molar-refractivity contribution is -0.149. The van der Waals surface area contributed by atoms with Crippen LogP contribution in [-0.2, 0) is 29.2 Å². The van der Waals surface area contributed by atoms with Crippen molar-refractivity contribution >= 4 is 22.1 Å². The summed E-state index contributed by atoms with van der Waals surface area (Å²) in [5.74, 6) is -1.83. The molecule has 0 fully saturated rings. The highest BCUT2D eigenvalue weighted by molar-refractivity contribution is 7.87. The van der Waals surface area contributed by atoms with Gasteiger partial charge >= 0.3 is 11.9 Å². The van der Waals surface area contributed by atoms with Crippen LogP contribution in [0.3, 0.4) is 0 Å². The molecule has 8 heteroatoms. The van der Waals surface area contributed by atoms with E-state index in [9.17, 15) is 18.0 Å². The van der Waals surface area contributed by atoms with Crippen molar-refractivity contribution < 1.29 is 32.0 Å². The van der Waals surface area contributed by atoms with Gasteiger partial charge in [-0.05, 0) is 12.3 Å². The van der Waals surface area contributed by atoms with Crippen molar-refractivity contribution in [1.82, 2.24) is 0 Å². The topological polar surface area (TPSA) is 107 Å². The van der Waals surface area contributed by atoms with Crippen LogP contribution in [0.4, 0.5) is 0 Å². The van der Waals surface area contributed by atoms with E-state index in [0.717, 1.165) is 32.8 Å². The molecule has 0 bridgehead atoms. The van der Waals surface area contributed by atoms with Gasteiger partial charge in [0.1, 0.15) is 0 Å². The Balaban J connectivity index is 4.48. The summed E-state index contributed by atoms with van der Waals surface area (Å²) in [5.41, 5.74) is 0. The van der Waals surface area contributed by atoms with Crippen molar-refractivity contribution in [3.8, 4) is 0 Å². The van der Waals surface area contributed by atoms with Crippen molar-refractivity contribution in [2.75, 3.05) is 13.7 Å². The predicted octanol–water partition coefficient (Wildman–Crippen LogP) is 1.57. The van der Waals surface area contributed by atoms with Crippen LogP contribution in [0.1, 0.15) is 46.0 Å². The Morgan fingerprint density at radius 2 is 1.86 bits per heavy atom. The molecule has 21 heavy (non-hydrogen) atoms. The summed E-state index contributed by atoms with van der Waals surface area (Å²) in [4.78, 5) is 22.9. The largest absolute Gasteiger partial charge is 0.468 e. The zero-order valence-corrected chi connectivity index (χ0v) is 13.5. The molecule has 7 nitrogen and oxygen atoms in total. The van der Waals surface area contributed by atoms with E-state index in [2.05, 4.69) is 11.7 Å². The van der Waals surface area contributed by atoms with Gasteiger partial charge in [0.15, 0.2) is 5.25 Å². The zero-order valence-electron chi connectivity index (χ0n) is 12.7. The number of hydrogen-bond acceptors (Lipinski definition) is 6. The van der Waals surface area contributed by atoms with Crippen molar-refractivity contribution in [3.63, 3.8) is 0 Å². The van der Waals surface area contributed by atoms with Gasteiger partial charge in [-0.3, -0.25) is 14.1 Å². The molecule has 0 saturated carbocycles. The van der Waals surface area contributed by atoms with Gasteiger partial charge in [-0.1, -0.05) is 33.1 Å². The Bertz CT molecular complexity index is 430. The lowest BCUT2D eigenvalue weighted by Gasteiger charge is -2.16. The maximum absolute atomic E-state index is 11.6. The molecule has 0 saturated heterocycles. The number of methoxy groups -OCH3 is 1. The van der Waals surface area contributed by atoms with E-state index in [1.54, 1.807) is 0 Å². The summed E-state index contributed by atoms with van der Waals surface area (Å²) in [6.45, 7) is 4.21.